The topological polar surface area (TPSA) is 111 Å². The van der Waals surface area contributed by atoms with Gasteiger partial charge in [-0.1, -0.05) is 41.9 Å². The zero-order chi connectivity index (χ0) is 19.8. The largest absolute Gasteiger partial charge is 0.455 e. The minimum absolute atomic E-state index is 0.0251. The van der Waals surface area contributed by atoms with E-state index >= 15 is 0 Å². The Morgan fingerprint density at radius 2 is 1.78 bits per heavy atom. The molecule has 0 aliphatic carbocycles. The fourth-order valence-corrected chi connectivity index (χ4v) is 2.56. The van der Waals surface area contributed by atoms with Gasteiger partial charge in [-0.05, 0) is 23.8 Å². The van der Waals surface area contributed by atoms with Crippen molar-refractivity contribution < 1.29 is 23.5 Å². The SMILES string of the molecule is NC(=O)N[C@@H](CC(=O)OCC(=O)Nc1ccccc1F)c1ccccc1Cl. The number of nitrogens with two attached hydrogens (primary N) is 1. The monoisotopic (exact) mass is 393 g/mol. The number of hydrogen-bond donors (Lipinski definition) is 3. The van der Waals surface area contributed by atoms with Crippen LogP contribution in [-0.4, -0.2) is 24.5 Å². The van der Waals surface area contributed by atoms with Crippen LogP contribution in [-0.2, 0) is 14.3 Å². The molecule has 0 bridgehead atoms. The smallest absolute Gasteiger partial charge is 0.312 e. The van der Waals surface area contributed by atoms with Gasteiger partial charge in [-0.15, -0.1) is 0 Å². The maximum Gasteiger partial charge on any atom is 0.312 e. The van der Waals surface area contributed by atoms with Crippen molar-refractivity contribution in [3.05, 3.63) is 64.9 Å². The van der Waals surface area contributed by atoms with Gasteiger partial charge in [0.2, 0.25) is 0 Å². The van der Waals surface area contributed by atoms with Crippen LogP contribution in [0.3, 0.4) is 0 Å². The third kappa shape index (κ3) is 6.27. The van der Waals surface area contributed by atoms with E-state index in [0.717, 1.165) is 0 Å². The summed E-state index contributed by atoms with van der Waals surface area (Å²) in [5.74, 6) is -2.08. The molecule has 7 nitrogen and oxygen atoms in total. The number of halogens is 2. The summed E-state index contributed by atoms with van der Waals surface area (Å²) < 4.78 is 18.4. The Morgan fingerprint density at radius 1 is 1.11 bits per heavy atom. The lowest BCUT2D eigenvalue weighted by Crippen LogP contribution is -2.35. The highest BCUT2D eigenvalue weighted by Gasteiger charge is 2.21. The normalized spacial score (nSPS) is 11.3. The molecule has 1 atom stereocenters. The van der Waals surface area contributed by atoms with Gasteiger partial charge in [0, 0.05) is 5.02 Å². The standard InChI is InChI=1S/C18H17ClFN3O4/c19-12-6-2-1-5-11(12)15(23-18(21)26)9-17(25)27-10-16(24)22-14-8-4-3-7-13(14)20/h1-8,15H,9-10H2,(H,22,24)(H3,21,23,26)/t15-/m0/s1. The van der Waals surface area contributed by atoms with Crippen LogP contribution in [0, 0.1) is 5.82 Å². The molecule has 0 aromatic heterocycles. The molecule has 142 valence electrons. The maximum absolute atomic E-state index is 13.5. The minimum atomic E-state index is -0.843. The van der Waals surface area contributed by atoms with E-state index in [2.05, 4.69) is 10.6 Å². The molecule has 2 aromatic rings. The first-order valence-corrected chi connectivity index (χ1v) is 8.25. The number of hydrogen-bond acceptors (Lipinski definition) is 4. The van der Waals surface area contributed by atoms with Crippen molar-refractivity contribution in [2.24, 2.45) is 5.73 Å². The lowest BCUT2D eigenvalue weighted by molar-refractivity contribution is -0.147. The Hall–Kier alpha value is -3.13. The predicted molar refractivity (Wildman–Crippen MR) is 97.5 cm³/mol. The van der Waals surface area contributed by atoms with Crippen LogP contribution >= 0.6 is 11.6 Å². The maximum atomic E-state index is 13.5. The molecule has 2 aromatic carbocycles. The molecule has 0 aliphatic rings. The fraction of sp³-hybridized carbons (Fsp3) is 0.167. The van der Waals surface area contributed by atoms with E-state index in [1.807, 2.05) is 0 Å². The molecular formula is C18H17ClFN3O4. The number of ether oxygens (including phenoxy) is 1. The van der Waals surface area contributed by atoms with E-state index in [9.17, 15) is 18.8 Å². The minimum Gasteiger partial charge on any atom is -0.455 e. The van der Waals surface area contributed by atoms with Crippen LogP contribution in [0.15, 0.2) is 48.5 Å². The first-order valence-electron chi connectivity index (χ1n) is 7.87. The van der Waals surface area contributed by atoms with Gasteiger partial charge in [0.15, 0.2) is 6.61 Å². The van der Waals surface area contributed by atoms with Gasteiger partial charge in [0.1, 0.15) is 5.82 Å². The highest BCUT2D eigenvalue weighted by molar-refractivity contribution is 6.31. The van der Waals surface area contributed by atoms with Crippen LogP contribution in [0.2, 0.25) is 5.02 Å². The van der Waals surface area contributed by atoms with Gasteiger partial charge in [0.25, 0.3) is 5.91 Å². The number of amides is 3. The van der Waals surface area contributed by atoms with Crippen molar-refractivity contribution in [2.75, 3.05) is 11.9 Å². The summed E-state index contributed by atoms with van der Waals surface area (Å²) in [5.41, 5.74) is 5.59. The Balaban J connectivity index is 1.93. The number of para-hydroxylation sites is 1. The van der Waals surface area contributed by atoms with Crippen LogP contribution in [0.4, 0.5) is 14.9 Å². The molecule has 3 amide bonds. The fourth-order valence-electron chi connectivity index (χ4n) is 2.29. The van der Waals surface area contributed by atoms with Crippen molar-refractivity contribution in [1.29, 1.82) is 0 Å². The molecule has 0 heterocycles. The number of anilines is 1. The quantitative estimate of drug-likeness (QED) is 0.628. The van der Waals surface area contributed by atoms with Crippen LogP contribution in [0.5, 0.6) is 0 Å². The second-order valence-corrected chi connectivity index (χ2v) is 5.88. The summed E-state index contributed by atoms with van der Waals surface area (Å²) >= 11 is 6.07. The third-order valence-electron chi connectivity index (χ3n) is 3.48. The van der Waals surface area contributed by atoms with Gasteiger partial charge in [-0.25, -0.2) is 9.18 Å². The third-order valence-corrected chi connectivity index (χ3v) is 3.82. The molecule has 27 heavy (non-hydrogen) atoms. The number of benzene rings is 2. The van der Waals surface area contributed by atoms with Crippen LogP contribution < -0.4 is 16.4 Å². The molecule has 0 radical (unpaired) electrons. The van der Waals surface area contributed by atoms with Gasteiger partial charge < -0.3 is 21.1 Å². The molecule has 0 spiro atoms. The number of urea groups is 1. The van der Waals surface area contributed by atoms with Crippen molar-refractivity contribution >= 4 is 35.2 Å². The number of carbonyl (C=O) groups is 3. The molecule has 2 rings (SSSR count). The second-order valence-electron chi connectivity index (χ2n) is 5.48. The molecule has 0 aliphatic heterocycles. The van der Waals surface area contributed by atoms with E-state index in [0.29, 0.717) is 10.6 Å². The summed E-state index contributed by atoms with van der Waals surface area (Å²) in [6.07, 6.45) is -0.292. The van der Waals surface area contributed by atoms with Crippen molar-refractivity contribution in [1.82, 2.24) is 5.32 Å². The highest BCUT2D eigenvalue weighted by Crippen LogP contribution is 2.25. The Morgan fingerprint density at radius 3 is 2.44 bits per heavy atom. The van der Waals surface area contributed by atoms with E-state index in [-0.39, 0.29) is 12.1 Å². The molecule has 9 heteroatoms. The molecule has 0 unspecified atom stereocenters. The first kappa shape index (κ1) is 20.2. The lowest BCUT2D eigenvalue weighted by atomic mass is 10.0. The van der Waals surface area contributed by atoms with Gasteiger partial charge in [-0.2, -0.15) is 0 Å². The average Bonchev–Trinajstić information content (AvgIpc) is 2.61. The number of esters is 1. The van der Waals surface area contributed by atoms with Crippen molar-refractivity contribution in [3.8, 4) is 0 Å². The summed E-state index contributed by atoms with van der Waals surface area (Å²) in [7, 11) is 0. The average molecular weight is 394 g/mol. The summed E-state index contributed by atoms with van der Waals surface area (Å²) in [5, 5.41) is 5.03. The molecular weight excluding hydrogens is 377 g/mol. The lowest BCUT2D eigenvalue weighted by Gasteiger charge is -2.18. The zero-order valence-electron chi connectivity index (χ0n) is 14.1. The molecule has 0 saturated heterocycles. The Bertz CT molecular complexity index is 847. The highest BCUT2D eigenvalue weighted by atomic mass is 35.5. The van der Waals surface area contributed by atoms with Gasteiger partial charge in [-0.3, -0.25) is 9.59 Å². The van der Waals surface area contributed by atoms with Crippen LogP contribution in [0.1, 0.15) is 18.0 Å². The van der Waals surface area contributed by atoms with Crippen molar-refractivity contribution in [3.63, 3.8) is 0 Å². The summed E-state index contributed by atoms with van der Waals surface area (Å²) in [6.45, 7) is -0.612. The summed E-state index contributed by atoms with van der Waals surface area (Å²) in [6, 6.07) is 10.5. The van der Waals surface area contributed by atoms with Gasteiger partial charge >= 0.3 is 12.0 Å². The Labute approximate surface area is 159 Å². The first-order chi connectivity index (χ1) is 12.9. The predicted octanol–water partition coefficient (Wildman–Crippen LogP) is 2.76. The van der Waals surface area contributed by atoms with E-state index in [4.69, 9.17) is 22.1 Å². The van der Waals surface area contributed by atoms with E-state index in [1.54, 1.807) is 30.3 Å². The Kier molecular flexibility index (Phi) is 7.13. The molecule has 0 fully saturated rings. The number of carbonyl (C=O) groups excluding carboxylic acids is 3. The van der Waals surface area contributed by atoms with Gasteiger partial charge in [0.05, 0.1) is 18.2 Å². The zero-order valence-corrected chi connectivity index (χ0v) is 14.8. The number of rotatable bonds is 7. The molecule has 4 N–H and O–H groups in total. The second kappa shape index (κ2) is 9.54. The summed E-state index contributed by atoms with van der Waals surface area (Å²) in [4.78, 5) is 35.0. The van der Waals surface area contributed by atoms with Crippen LogP contribution in [0.25, 0.3) is 0 Å². The van der Waals surface area contributed by atoms with Crippen molar-refractivity contribution in [2.45, 2.75) is 12.5 Å². The number of nitrogens with one attached hydrogen (secondary N) is 2. The van der Waals surface area contributed by atoms with E-state index in [1.165, 1.54) is 18.2 Å². The van der Waals surface area contributed by atoms with E-state index < -0.39 is 36.4 Å². The number of primary amides is 1. The molecule has 0 saturated carbocycles.